The zero-order valence-electron chi connectivity index (χ0n) is 20.9. The quantitative estimate of drug-likeness (QED) is 0.330. The molecule has 0 atom stereocenters. The van der Waals surface area contributed by atoms with E-state index in [0.717, 1.165) is 77.3 Å². The van der Waals surface area contributed by atoms with Gasteiger partial charge in [0.2, 0.25) is 5.91 Å². The van der Waals surface area contributed by atoms with Crippen LogP contribution in [0, 0.1) is 6.92 Å². The topological polar surface area (TPSA) is 45.9 Å². The number of likely N-dealkylation sites (N-methyl/N-ethyl adjacent to an activating group) is 1. The lowest BCUT2D eigenvalue weighted by atomic mass is 9.95. The van der Waals surface area contributed by atoms with Gasteiger partial charge in [-0.05, 0) is 54.4 Å². The van der Waals surface area contributed by atoms with Gasteiger partial charge in [-0.1, -0.05) is 43.3 Å². The van der Waals surface area contributed by atoms with Gasteiger partial charge in [0.1, 0.15) is 11.3 Å². The van der Waals surface area contributed by atoms with Crippen LogP contribution in [0.3, 0.4) is 0 Å². The first-order valence-corrected chi connectivity index (χ1v) is 12.3. The van der Waals surface area contributed by atoms with Crippen molar-refractivity contribution in [3.63, 3.8) is 0 Å². The molecule has 0 bridgehead atoms. The summed E-state index contributed by atoms with van der Waals surface area (Å²) >= 11 is 0. The summed E-state index contributed by atoms with van der Waals surface area (Å²) in [5.41, 5.74) is 5.69. The number of carbonyl (C=O) groups is 1. The SMILES string of the molecule is CCN1CCN(C(=O)/C=C(\C)c2cc3c(-c4ccc5ccccc5c4)coc3c(C)c2OC)CC1. The van der Waals surface area contributed by atoms with Crippen LogP contribution in [-0.2, 0) is 4.79 Å². The van der Waals surface area contributed by atoms with E-state index in [9.17, 15) is 4.79 Å². The van der Waals surface area contributed by atoms with Crippen molar-refractivity contribution < 1.29 is 13.9 Å². The number of hydrogen-bond acceptors (Lipinski definition) is 4. The van der Waals surface area contributed by atoms with Crippen molar-refractivity contribution in [1.82, 2.24) is 9.80 Å². The number of hydrogen-bond donors (Lipinski definition) is 0. The number of fused-ring (bicyclic) bond motifs is 2. The number of furan rings is 1. The molecule has 1 amide bonds. The van der Waals surface area contributed by atoms with Crippen LogP contribution < -0.4 is 4.74 Å². The van der Waals surface area contributed by atoms with Gasteiger partial charge < -0.3 is 19.0 Å². The van der Waals surface area contributed by atoms with Crippen LogP contribution in [0.25, 0.3) is 38.4 Å². The van der Waals surface area contributed by atoms with Gasteiger partial charge in [-0.2, -0.15) is 0 Å². The highest BCUT2D eigenvalue weighted by Crippen LogP contribution is 2.41. The number of carbonyl (C=O) groups excluding carboxylic acids is 1. The Hall–Kier alpha value is -3.57. The summed E-state index contributed by atoms with van der Waals surface area (Å²) < 4.78 is 11.8. The molecule has 1 aliphatic rings. The third-order valence-corrected chi connectivity index (χ3v) is 7.20. The van der Waals surface area contributed by atoms with Crippen LogP contribution >= 0.6 is 0 Å². The van der Waals surface area contributed by atoms with E-state index >= 15 is 0 Å². The Morgan fingerprint density at radius 1 is 1.06 bits per heavy atom. The standard InChI is InChI=1S/C30H32N2O3/c1-5-31-12-14-32(15-13-31)28(33)16-20(2)25-18-26-27(19-35-30(26)21(3)29(25)34-4)24-11-10-22-8-6-7-9-23(22)17-24/h6-11,16-19H,5,12-15H2,1-4H3/b20-16+. The Labute approximate surface area is 206 Å². The maximum absolute atomic E-state index is 13.1. The predicted molar refractivity (Wildman–Crippen MR) is 143 cm³/mol. The van der Waals surface area contributed by atoms with Gasteiger partial charge in [0.05, 0.1) is 13.4 Å². The van der Waals surface area contributed by atoms with Crippen molar-refractivity contribution in [3.05, 3.63) is 72.0 Å². The van der Waals surface area contributed by atoms with E-state index in [1.165, 1.54) is 10.8 Å². The molecule has 0 saturated carbocycles. The van der Waals surface area contributed by atoms with Gasteiger partial charge in [-0.15, -0.1) is 0 Å². The third-order valence-electron chi connectivity index (χ3n) is 7.20. The second kappa shape index (κ2) is 9.59. The van der Waals surface area contributed by atoms with Crippen LogP contribution in [-0.4, -0.2) is 55.5 Å². The third kappa shape index (κ3) is 4.32. The number of amides is 1. The molecule has 1 aliphatic heterocycles. The fourth-order valence-corrected chi connectivity index (χ4v) is 5.09. The molecule has 5 heteroatoms. The molecule has 2 heterocycles. The van der Waals surface area contributed by atoms with Crippen LogP contribution in [0.4, 0.5) is 0 Å². The maximum Gasteiger partial charge on any atom is 0.246 e. The number of nitrogens with zero attached hydrogens (tertiary/aromatic N) is 2. The Balaban J connectivity index is 1.55. The average Bonchev–Trinajstić information content (AvgIpc) is 3.32. The van der Waals surface area contributed by atoms with Crippen LogP contribution in [0.2, 0.25) is 0 Å². The Bertz CT molecular complexity index is 1420. The van der Waals surface area contributed by atoms with Crippen molar-refractivity contribution in [1.29, 1.82) is 0 Å². The van der Waals surface area contributed by atoms with E-state index in [4.69, 9.17) is 9.15 Å². The van der Waals surface area contributed by atoms with Crippen molar-refractivity contribution >= 4 is 33.2 Å². The summed E-state index contributed by atoms with van der Waals surface area (Å²) in [7, 11) is 1.67. The lowest BCUT2D eigenvalue weighted by molar-refractivity contribution is -0.127. The molecule has 1 aromatic heterocycles. The van der Waals surface area contributed by atoms with E-state index in [-0.39, 0.29) is 5.91 Å². The minimum Gasteiger partial charge on any atom is -0.496 e. The highest BCUT2D eigenvalue weighted by molar-refractivity contribution is 6.02. The number of benzene rings is 3. The fourth-order valence-electron chi connectivity index (χ4n) is 5.09. The molecule has 5 nitrogen and oxygen atoms in total. The molecule has 0 spiro atoms. The Kier molecular flexibility index (Phi) is 6.35. The normalized spacial score (nSPS) is 15.2. The van der Waals surface area contributed by atoms with Gasteiger partial charge in [0.25, 0.3) is 0 Å². The summed E-state index contributed by atoms with van der Waals surface area (Å²) in [5.74, 6) is 0.800. The molecular weight excluding hydrogens is 436 g/mol. The molecule has 5 rings (SSSR count). The lowest BCUT2D eigenvalue weighted by Crippen LogP contribution is -2.48. The number of piperazine rings is 1. The van der Waals surface area contributed by atoms with E-state index in [1.54, 1.807) is 13.2 Å². The minimum absolute atomic E-state index is 0.0556. The van der Waals surface area contributed by atoms with E-state index < -0.39 is 0 Å². The molecule has 1 fully saturated rings. The fraction of sp³-hybridized carbons (Fsp3) is 0.300. The zero-order chi connectivity index (χ0) is 24.5. The maximum atomic E-state index is 13.1. The summed E-state index contributed by atoms with van der Waals surface area (Å²) in [5, 5.41) is 3.42. The predicted octanol–water partition coefficient (Wildman–Crippen LogP) is 6.14. The van der Waals surface area contributed by atoms with Crippen LogP contribution in [0.15, 0.2) is 65.3 Å². The molecule has 3 aromatic carbocycles. The van der Waals surface area contributed by atoms with E-state index in [2.05, 4.69) is 60.4 Å². The molecule has 0 aliphatic carbocycles. The van der Waals surface area contributed by atoms with E-state index in [0.29, 0.717) is 0 Å². The number of methoxy groups -OCH3 is 1. The van der Waals surface area contributed by atoms with E-state index in [1.807, 2.05) is 25.0 Å². The second-order valence-corrected chi connectivity index (χ2v) is 9.26. The summed E-state index contributed by atoms with van der Waals surface area (Å²) in [4.78, 5) is 17.4. The molecule has 1 saturated heterocycles. The number of ether oxygens (including phenoxy) is 1. The molecule has 0 unspecified atom stereocenters. The summed E-state index contributed by atoms with van der Waals surface area (Å²) in [6.45, 7) is 10.6. The van der Waals surface area contributed by atoms with Crippen molar-refractivity contribution in [2.75, 3.05) is 39.8 Å². The zero-order valence-corrected chi connectivity index (χ0v) is 20.9. The molecule has 4 aromatic rings. The van der Waals surface area contributed by atoms with Crippen molar-refractivity contribution in [3.8, 4) is 16.9 Å². The number of rotatable bonds is 5. The van der Waals surface area contributed by atoms with Gasteiger partial charge in [0.15, 0.2) is 0 Å². The monoisotopic (exact) mass is 468 g/mol. The molecule has 0 radical (unpaired) electrons. The first kappa shape index (κ1) is 23.2. The van der Waals surface area contributed by atoms with Crippen molar-refractivity contribution in [2.24, 2.45) is 0 Å². The molecule has 0 N–H and O–H groups in total. The smallest absolute Gasteiger partial charge is 0.246 e. The van der Waals surface area contributed by atoms with Crippen molar-refractivity contribution in [2.45, 2.75) is 20.8 Å². The first-order valence-electron chi connectivity index (χ1n) is 12.3. The highest BCUT2D eigenvalue weighted by atomic mass is 16.5. The van der Waals surface area contributed by atoms with Crippen LogP contribution in [0.1, 0.15) is 25.0 Å². The van der Waals surface area contributed by atoms with Gasteiger partial charge in [-0.3, -0.25) is 4.79 Å². The van der Waals surface area contributed by atoms with Gasteiger partial charge in [0, 0.05) is 54.3 Å². The second-order valence-electron chi connectivity index (χ2n) is 9.26. The first-order chi connectivity index (χ1) is 17.0. The lowest BCUT2D eigenvalue weighted by Gasteiger charge is -2.33. The molecular formula is C30H32N2O3. The Morgan fingerprint density at radius 3 is 2.51 bits per heavy atom. The molecule has 180 valence electrons. The Morgan fingerprint density at radius 2 is 1.80 bits per heavy atom. The average molecular weight is 469 g/mol. The summed E-state index contributed by atoms with van der Waals surface area (Å²) in [6, 6.07) is 16.9. The number of aryl methyl sites for hydroxylation is 1. The number of allylic oxidation sites excluding steroid dienone is 1. The highest BCUT2D eigenvalue weighted by Gasteiger charge is 2.21. The van der Waals surface area contributed by atoms with Gasteiger partial charge >= 0.3 is 0 Å². The van der Waals surface area contributed by atoms with Gasteiger partial charge in [-0.25, -0.2) is 0 Å². The molecule has 35 heavy (non-hydrogen) atoms. The summed E-state index contributed by atoms with van der Waals surface area (Å²) in [6.07, 6.45) is 3.57. The largest absolute Gasteiger partial charge is 0.496 e. The van der Waals surface area contributed by atoms with Crippen LogP contribution in [0.5, 0.6) is 5.75 Å². The minimum atomic E-state index is 0.0556.